The number of nitrogens with two attached hydrogens (primary N) is 1. The molecular formula is C63H122NO8P. The van der Waals surface area contributed by atoms with E-state index in [2.05, 4.69) is 38.2 Å². The van der Waals surface area contributed by atoms with Gasteiger partial charge in [0.1, 0.15) is 6.61 Å². The summed E-state index contributed by atoms with van der Waals surface area (Å²) in [5, 5.41) is 0. The lowest BCUT2D eigenvalue weighted by molar-refractivity contribution is -0.161. The largest absolute Gasteiger partial charge is 0.472 e. The van der Waals surface area contributed by atoms with Gasteiger partial charge in [-0.1, -0.05) is 301 Å². The number of rotatable bonds is 61. The van der Waals surface area contributed by atoms with E-state index in [1.165, 1.54) is 250 Å². The third-order valence-electron chi connectivity index (χ3n) is 14.3. The smallest absolute Gasteiger partial charge is 0.462 e. The van der Waals surface area contributed by atoms with Crippen LogP contribution in [0.3, 0.4) is 0 Å². The molecule has 0 saturated heterocycles. The van der Waals surface area contributed by atoms with Crippen LogP contribution in [-0.2, 0) is 32.7 Å². The molecule has 0 aliphatic heterocycles. The predicted molar refractivity (Wildman–Crippen MR) is 312 cm³/mol. The van der Waals surface area contributed by atoms with Gasteiger partial charge >= 0.3 is 19.8 Å². The van der Waals surface area contributed by atoms with Crippen LogP contribution in [0.2, 0.25) is 0 Å². The van der Waals surface area contributed by atoms with Gasteiger partial charge in [-0.25, -0.2) is 4.57 Å². The molecule has 2 unspecified atom stereocenters. The molecule has 432 valence electrons. The van der Waals surface area contributed by atoms with Crippen LogP contribution in [0.15, 0.2) is 24.3 Å². The molecule has 0 amide bonds. The van der Waals surface area contributed by atoms with Crippen molar-refractivity contribution in [3.8, 4) is 0 Å². The highest BCUT2D eigenvalue weighted by molar-refractivity contribution is 7.47. The van der Waals surface area contributed by atoms with Crippen molar-refractivity contribution in [2.75, 3.05) is 26.4 Å². The minimum Gasteiger partial charge on any atom is -0.462 e. The lowest BCUT2D eigenvalue weighted by Crippen LogP contribution is -2.29. The first-order valence-corrected chi connectivity index (χ1v) is 33.3. The molecule has 0 saturated carbocycles. The molecule has 0 heterocycles. The number of ether oxygens (including phenoxy) is 2. The number of phosphoric ester groups is 1. The standard InChI is InChI=1S/C63H122NO8P/c1-3-5-7-9-11-13-15-17-19-21-23-24-25-26-27-28-29-30-31-32-33-34-35-36-38-39-41-43-45-47-49-51-53-55-62(65)69-59-61(60-71-73(67,68)70-58-57-64)72-63(66)56-54-52-50-48-46-44-42-40-37-22-20-18-16-14-12-10-8-6-4-2/h12,14,18,20,61H,3-11,13,15-17,19,21-60,64H2,1-2H3,(H,67,68)/b14-12-,20-18-. The number of phosphoric acid groups is 1. The third kappa shape index (κ3) is 59.6. The predicted octanol–water partition coefficient (Wildman–Crippen LogP) is 20.2. The van der Waals surface area contributed by atoms with Crippen molar-refractivity contribution < 1.29 is 37.6 Å². The van der Waals surface area contributed by atoms with E-state index in [-0.39, 0.29) is 38.6 Å². The number of hydrogen-bond donors (Lipinski definition) is 2. The number of carbonyl (C=O) groups is 2. The summed E-state index contributed by atoms with van der Waals surface area (Å²) < 4.78 is 33.1. The minimum atomic E-state index is -4.39. The van der Waals surface area contributed by atoms with Crippen molar-refractivity contribution in [1.82, 2.24) is 0 Å². The molecule has 2 atom stereocenters. The molecule has 0 aromatic carbocycles. The van der Waals surface area contributed by atoms with Crippen molar-refractivity contribution in [2.24, 2.45) is 5.73 Å². The molecule has 0 spiro atoms. The van der Waals surface area contributed by atoms with E-state index >= 15 is 0 Å². The molecule has 3 N–H and O–H groups in total. The van der Waals surface area contributed by atoms with Gasteiger partial charge in [-0.3, -0.25) is 18.6 Å². The van der Waals surface area contributed by atoms with E-state index in [0.29, 0.717) is 6.42 Å². The Labute approximate surface area is 452 Å². The SMILES string of the molecule is CCCCC/C=C\C/C=C\CCCCCCCCCCCC(=O)OC(COC(=O)CCCCCCCCCCCCCCCCCCCCCCCCCCCCCCCCCCC)COP(=O)(O)OCCN. The van der Waals surface area contributed by atoms with Crippen LogP contribution in [0.1, 0.15) is 335 Å². The highest BCUT2D eigenvalue weighted by Gasteiger charge is 2.26. The van der Waals surface area contributed by atoms with Crippen molar-refractivity contribution in [3.63, 3.8) is 0 Å². The van der Waals surface area contributed by atoms with Gasteiger partial charge in [-0.05, 0) is 44.9 Å². The zero-order chi connectivity index (χ0) is 53.1. The summed E-state index contributed by atoms with van der Waals surface area (Å²) in [6.07, 6.45) is 71.2. The highest BCUT2D eigenvalue weighted by Crippen LogP contribution is 2.43. The van der Waals surface area contributed by atoms with E-state index in [1.54, 1.807) is 0 Å². The fraction of sp³-hybridized carbons (Fsp3) is 0.905. The quantitative estimate of drug-likeness (QED) is 0.0264. The molecule has 0 rings (SSSR count). The molecule has 9 nitrogen and oxygen atoms in total. The minimum absolute atomic E-state index is 0.0548. The highest BCUT2D eigenvalue weighted by atomic mass is 31.2. The Hall–Kier alpha value is -1.51. The van der Waals surface area contributed by atoms with Crippen molar-refractivity contribution in [2.45, 2.75) is 341 Å². The summed E-state index contributed by atoms with van der Waals surface area (Å²) in [4.78, 5) is 35.2. The number of carbonyl (C=O) groups excluding carboxylic acids is 2. The van der Waals surface area contributed by atoms with Gasteiger partial charge in [0.15, 0.2) is 6.10 Å². The Morgan fingerprint density at radius 1 is 0.411 bits per heavy atom. The molecule has 0 aliphatic rings. The van der Waals surface area contributed by atoms with Gasteiger partial charge in [0.2, 0.25) is 0 Å². The fourth-order valence-corrected chi connectivity index (χ4v) is 10.4. The average molecular weight is 1050 g/mol. The van der Waals surface area contributed by atoms with E-state index in [4.69, 9.17) is 24.3 Å². The maximum atomic E-state index is 12.7. The molecule has 0 fully saturated rings. The summed E-state index contributed by atoms with van der Waals surface area (Å²) in [6.45, 7) is 3.78. The van der Waals surface area contributed by atoms with Gasteiger partial charge in [0, 0.05) is 19.4 Å². The van der Waals surface area contributed by atoms with Crippen LogP contribution in [0, 0.1) is 0 Å². The zero-order valence-electron chi connectivity index (χ0n) is 48.4. The number of esters is 2. The zero-order valence-corrected chi connectivity index (χ0v) is 49.3. The molecule has 0 aromatic heterocycles. The third-order valence-corrected chi connectivity index (χ3v) is 15.3. The number of allylic oxidation sites excluding steroid dienone is 4. The maximum Gasteiger partial charge on any atom is 0.472 e. The first-order valence-electron chi connectivity index (χ1n) is 31.8. The summed E-state index contributed by atoms with van der Waals surface area (Å²) in [5.74, 6) is -0.814. The van der Waals surface area contributed by atoms with Crippen LogP contribution in [0.25, 0.3) is 0 Å². The van der Waals surface area contributed by atoms with Crippen LogP contribution >= 0.6 is 7.82 Å². The second kappa shape index (κ2) is 59.7. The van der Waals surface area contributed by atoms with Crippen LogP contribution in [0.5, 0.6) is 0 Å². The summed E-state index contributed by atoms with van der Waals surface area (Å²) in [5.41, 5.74) is 5.39. The molecule has 0 aromatic rings. The van der Waals surface area contributed by atoms with Crippen molar-refractivity contribution >= 4 is 19.8 Å². The molecule has 0 aliphatic carbocycles. The van der Waals surface area contributed by atoms with E-state index in [0.717, 1.165) is 51.4 Å². The topological polar surface area (TPSA) is 134 Å². The normalized spacial score (nSPS) is 13.1. The molecule has 0 radical (unpaired) electrons. The summed E-state index contributed by atoms with van der Waals surface area (Å²) >= 11 is 0. The van der Waals surface area contributed by atoms with E-state index in [9.17, 15) is 19.0 Å². The maximum absolute atomic E-state index is 12.7. The summed E-state index contributed by atoms with van der Waals surface area (Å²) in [7, 11) is -4.39. The Bertz CT molecular complexity index is 1250. The van der Waals surface area contributed by atoms with Crippen LogP contribution in [0.4, 0.5) is 0 Å². The van der Waals surface area contributed by atoms with Crippen molar-refractivity contribution in [1.29, 1.82) is 0 Å². The van der Waals surface area contributed by atoms with Gasteiger partial charge in [0.05, 0.1) is 13.2 Å². The van der Waals surface area contributed by atoms with Crippen LogP contribution in [-0.4, -0.2) is 49.3 Å². The van der Waals surface area contributed by atoms with E-state index < -0.39 is 26.5 Å². The van der Waals surface area contributed by atoms with Crippen molar-refractivity contribution in [3.05, 3.63) is 24.3 Å². The Kier molecular flexibility index (Phi) is 58.5. The Morgan fingerprint density at radius 3 is 1.07 bits per heavy atom. The molecule has 0 bridgehead atoms. The summed E-state index contributed by atoms with van der Waals surface area (Å²) in [6, 6.07) is 0. The molecule has 73 heavy (non-hydrogen) atoms. The Morgan fingerprint density at radius 2 is 0.712 bits per heavy atom. The van der Waals surface area contributed by atoms with Gasteiger partial charge < -0.3 is 20.1 Å². The average Bonchev–Trinajstić information content (AvgIpc) is 3.38. The Balaban J connectivity index is 3.81. The second-order valence-corrected chi connectivity index (χ2v) is 23.1. The molecule has 10 heteroatoms. The van der Waals surface area contributed by atoms with Gasteiger partial charge in [-0.2, -0.15) is 0 Å². The number of hydrogen-bond acceptors (Lipinski definition) is 8. The first-order chi connectivity index (χ1) is 35.8. The number of unbranched alkanes of at least 4 members (excludes halogenated alkanes) is 44. The first kappa shape index (κ1) is 71.5. The molecular weight excluding hydrogens is 930 g/mol. The van der Waals surface area contributed by atoms with Gasteiger partial charge in [0.25, 0.3) is 0 Å². The van der Waals surface area contributed by atoms with Gasteiger partial charge in [-0.15, -0.1) is 0 Å². The van der Waals surface area contributed by atoms with Crippen LogP contribution < -0.4 is 5.73 Å². The lowest BCUT2D eigenvalue weighted by atomic mass is 10.0. The fourth-order valence-electron chi connectivity index (χ4n) is 9.61. The lowest BCUT2D eigenvalue weighted by Gasteiger charge is -2.19. The monoisotopic (exact) mass is 1050 g/mol. The van der Waals surface area contributed by atoms with E-state index in [1.807, 2.05) is 0 Å². The second-order valence-electron chi connectivity index (χ2n) is 21.6.